The van der Waals surface area contributed by atoms with Crippen molar-refractivity contribution in [3.05, 3.63) is 78.6 Å². The minimum atomic E-state index is -0.230. The third-order valence-corrected chi connectivity index (χ3v) is 4.30. The van der Waals surface area contributed by atoms with Gasteiger partial charge in [-0.15, -0.1) is 0 Å². The Bertz CT molecular complexity index is 1090. The van der Waals surface area contributed by atoms with E-state index in [2.05, 4.69) is 25.5 Å². The maximum Gasteiger partial charge on any atom is 0.255 e. The Morgan fingerprint density at radius 1 is 1.25 bits per heavy atom. The number of rotatable bonds is 6. The van der Waals surface area contributed by atoms with E-state index in [-0.39, 0.29) is 5.91 Å². The predicted octanol–water partition coefficient (Wildman–Crippen LogP) is 2.60. The van der Waals surface area contributed by atoms with E-state index >= 15 is 0 Å². The predicted molar refractivity (Wildman–Crippen MR) is 103 cm³/mol. The Morgan fingerprint density at radius 3 is 3.00 bits per heavy atom. The van der Waals surface area contributed by atoms with Gasteiger partial charge in [0.1, 0.15) is 17.9 Å². The highest BCUT2D eigenvalue weighted by molar-refractivity contribution is 5.99. The number of H-pyrrole nitrogens is 1. The van der Waals surface area contributed by atoms with E-state index in [0.29, 0.717) is 23.6 Å². The van der Waals surface area contributed by atoms with Gasteiger partial charge in [-0.05, 0) is 18.2 Å². The molecule has 4 aromatic rings. The molecule has 4 rings (SSSR count). The lowest BCUT2D eigenvalue weighted by Gasteiger charge is -2.10. The van der Waals surface area contributed by atoms with Crippen LogP contribution in [0.25, 0.3) is 17.1 Å². The molecule has 0 unspecified atom stereocenters. The van der Waals surface area contributed by atoms with Crippen molar-refractivity contribution in [2.75, 3.05) is 7.11 Å². The molecule has 1 amide bonds. The SMILES string of the molecule is COc1cccc(-c2[nH]ncc2C(=O)NCc2cccnc2-n2ccnc2)c1. The zero-order valence-corrected chi connectivity index (χ0v) is 15.2. The van der Waals surface area contributed by atoms with Crippen LogP contribution in [0.15, 0.2) is 67.5 Å². The van der Waals surface area contributed by atoms with Gasteiger partial charge < -0.3 is 10.1 Å². The summed E-state index contributed by atoms with van der Waals surface area (Å²) in [6, 6.07) is 11.2. The van der Waals surface area contributed by atoms with Gasteiger partial charge in [0.25, 0.3) is 5.91 Å². The lowest BCUT2D eigenvalue weighted by Crippen LogP contribution is -2.24. The number of aromatic nitrogens is 5. The van der Waals surface area contributed by atoms with Crippen molar-refractivity contribution >= 4 is 5.91 Å². The van der Waals surface area contributed by atoms with Gasteiger partial charge in [-0.25, -0.2) is 9.97 Å². The second kappa shape index (κ2) is 7.75. The summed E-state index contributed by atoms with van der Waals surface area (Å²) in [5.74, 6) is 1.20. The first-order valence-electron chi connectivity index (χ1n) is 8.64. The van der Waals surface area contributed by atoms with Gasteiger partial charge in [0.2, 0.25) is 0 Å². The van der Waals surface area contributed by atoms with E-state index in [9.17, 15) is 4.79 Å². The van der Waals surface area contributed by atoms with E-state index in [1.807, 2.05) is 42.6 Å². The van der Waals surface area contributed by atoms with Crippen LogP contribution in [0, 0.1) is 0 Å². The number of carbonyl (C=O) groups excluding carboxylic acids is 1. The molecule has 8 nitrogen and oxygen atoms in total. The van der Waals surface area contributed by atoms with Crippen molar-refractivity contribution in [2.45, 2.75) is 6.54 Å². The first-order chi connectivity index (χ1) is 13.8. The van der Waals surface area contributed by atoms with Crippen molar-refractivity contribution < 1.29 is 9.53 Å². The number of hydrogen-bond donors (Lipinski definition) is 2. The van der Waals surface area contributed by atoms with Crippen LogP contribution in [0.3, 0.4) is 0 Å². The molecule has 0 aliphatic rings. The van der Waals surface area contributed by atoms with E-state index in [1.165, 1.54) is 6.20 Å². The normalized spacial score (nSPS) is 10.6. The third kappa shape index (κ3) is 3.48. The number of nitrogens with zero attached hydrogens (tertiary/aromatic N) is 4. The second-order valence-electron chi connectivity index (χ2n) is 6.03. The van der Waals surface area contributed by atoms with E-state index in [4.69, 9.17) is 4.74 Å². The molecule has 3 heterocycles. The smallest absolute Gasteiger partial charge is 0.255 e. The molecule has 0 spiro atoms. The molecule has 0 saturated heterocycles. The number of amides is 1. The molecule has 0 bridgehead atoms. The summed E-state index contributed by atoms with van der Waals surface area (Å²) in [5, 5.41) is 9.87. The number of nitrogens with one attached hydrogen (secondary N) is 2. The molecule has 2 N–H and O–H groups in total. The summed E-state index contributed by atoms with van der Waals surface area (Å²) in [6.45, 7) is 0.322. The van der Waals surface area contributed by atoms with E-state index in [1.54, 1.807) is 30.4 Å². The van der Waals surface area contributed by atoms with E-state index in [0.717, 1.165) is 16.9 Å². The Morgan fingerprint density at radius 2 is 2.18 bits per heavy atom. The number of hydrogen-bond acceptors (Lipinski definition) is 5. The summed E-state index contributed by atoms with van der Waals surface area (Å²) < 4.78 is 7.06. The summed E-state index contributed by atoms with van der Waals surface area (Å²) in [6.07, 6.45) is 8.39. The highest BCUT2D eigenvalue weighted by Gasteiger charge is 2.16. The standard InChI is InChI=1S/C20H18N6O2/c1-28-16-6-2-4-14(10-16)18-17(12-24-25-18)20(27)23-11-15-5-3-7-22-19(15)26-9-8-21-13-26/h2-10,12-13H,11H2,1H3,(H,23,27)(H,24,25). The van der Waals surface area contributed by atoms with Crippen molar-refractivity contribution in [3.8, 4) is 22.8 Å². The summed E-state index contributed by atoms with van der Waals surface area (Å²) in [7, 11) is 1.60. The quantitative estimate of drug-likeness (QED) is 0.541. The van der Waals surface area contributed by atoms with Gasteiger partial charge in [-0.1, -0.05) is 18.2 Å². The minimum absolute atomic E-state index is 0.230. The number of ether oxygens (including phenoxy) is 1. The van der Waals surface area contributed by atoms with Crippen molar-refractivity contribution in [1.29, 1.82) is 0 Å². The first kappa shape index (κ1) is 17.5. The van der Waals surface area contributed by atoms with Gasteiger partial charge in [0.05, 0.1) is 24.6 Å². The summed E-state index contributed by atoms with van der Waals surface area (Å²) in [4.78, 5) is 21.2. The van der Waals surface area contributed by atoms with Crippen LogP contribution < -0.4 is 10.1 Å². The molecular weight excluding hydrogens is 356 g/mol. The zero-order chi connectivity index (χ0) is 19.3. The summed E-state index contributed by atoms with van der Waals surface area (Å²) in [5.41, 5.74) is 2.79. The molecule has 0 radical (unpaired) electrons. The number of carbonyl (C=O) groups is 1. The molecule has 0 aliphatic heterocycles. The maximum absolute atomic E-state index is 12.8. The van der Waals surface area contributed by atoms with Gasteiger partial charge in [-0.2, -0.15) is 5.10 Å². The van der Waals surface area contributed by atoms with Crippen LogP contribution in [0.2, 0.25) is 0 Å². The number of benzene rings is 1. The molecule has 8 heteroatoms. The van der Waals surface area contributed by atoms with Gasteiger partial charge in [0.15, 0.2) is 0 Å². The molecule has 140 valence electrons. The minimum Gasteiger partial charge on any atom is -0.497 e. The Hall–Kier alpha value is -3.94. The van der Waals surface area contributed by atoms with Crippen LogP contribution >= 0.6 is 0 Å². The molecule has 0 atom stereocenters. The average Bonchev–Trinajstić information content (AvgIpc) is 3.44. The van der Waals surface area contributed by atoms with Crippen LogP contribution in [-0.4, -0.2) is 37.7 Å². The van der Waals surface area contributed by atoms with Crippen molar-refractivity contribution in [3.63, 3.8) is 0 Å². The fraction of sp³-hybridized carbons (Fsp3) is 0.100. The molecule has 1 aromatic carbocycles. The van der Waals surface area contributed by atoms with Gasteiger partial charge >= 0.3 is 0 Å². The fourth-order valence-electron chi connectivity index (χ4n) is 2.91. The average molecular weight is 374 g/mol. The van der Waals surface area contributed by atoms with E-state index < -0.39 is 0 Å². The lowest BCUT2D eigenvalue weighted by molar-refractivity contribution is 0.0951. The van der Waals surface area contributed by atoms with Crippen LogP contribution in [0.5, 0.6) is 5.75 Å². The van der Waals surface area contributed by atoms with Crippen LogP contribution in [0.1, 0.15) is 15.9 Å². The highest BCUT2D eigenvalue weighted by Crippen LogP contribution is 2.25. The highest BCUT2D eigenvalue weighted by atomic mass is 16.5. The Labute approximate surface area is 161 Å². The largest absolute Gasteiger partial charge is 0.497 e. The molecule has 0 fully saturated rings. The Balaban J connectivity index is 1.54. The molecular formula is C20H18N6O2. The molecule has 0 aliphatic carbocycles. The number of aromatic amines is 1. The number of methoxy groups -OCH3 is 1. The Kier molecular flexibility index (Phi) is 4.83. The van der Waals surface area contributed by atoms with Crippen molar-refractivity contribution in [2.24, 2.45) is 0 Å². The van der Waals surface area contributed by atoms with Gasteiger partial charge in [-0.3, -0.25) is 14.5 Å². The van der Waals surface area contributed by atoms with Gasteiger partial charge in [0, 0.05) is 36.3 Å². The van der Waals surface area contributed by atoms with Crippen molar-refractivity contribution in [1.82, 2.24) is 30.0 Å². The molecule has 3 aromatic heterocycles. The monoisotopic (exact) mass is 374 g/mol. The topological polar surface area (TPSA) is 97.7 Å². The number of pyridine rings is 1. The molecule has 0 saturated carbocycles. The lowest BCUT2D eigenvalue weighted by atomic mass is 10.1. The molecule has 28 heavy (non-hydrogen) atoms. The maximum atomic E-state index is 12.8. The first-order valence-corrected chi connectivity index (χ1v) is 8.64. The van der Waals surface area contributed by atoms with Crippen LogP contribution in [0.4, 0.5) is 0 Å². The zero-order valence-electron chi connectivity index (χ0n) is 15.2. The third-order valence-electron chi connectivity index (χ3n) is 4.30. The van der Waals surface area contributed by atoms with Crippen LogP contribution in [-0.2, 0) is 6.54 Å². The summed E-state index contributed by atoms with van der Waals surface area (Å²) >= 11 is 0. The second-order valence-corrected chi connectivity index (χ2v) is 6.03. The fourth-order valence-corrected chi connectivity index (χ4v) is 2.91. The number of imidazole rings is 1.